The number of carbonyl (C=O) groups is 1. The van der Waals surface area contributed by atoms with Gasteiger partial charge in [-0.15, -0.1) is 0 Å². The average molecular weight is 476 g/mol. The summed E-state index contributed by atoms with van der Waals surface area (Å²) in [6.45, 7) is 1.76. The number of nitrogens with zero attached hydrogens (tertiary/aromatic N) is 1. The third-order valence-electron chi connectivity index (χ3n) is 9.51. The molecule has 2 heterocycles. The van der Waals surface area contributed by atoms with Gasteiger partial charge in [-0.1, -0.05) is 30.3 Å². The quantitative estimate of drug-likeness (QED) is 0.364. The Morgan fingerprint density at radius 3 is 2.83 bits per heavy atom. The number of piperidine rings is 1. The largest absolute Gasteiger partial charge is 0.633 e. The molecule has 2 aliphatic heterocycles. The van der Waals surface area contributed by atoms with E-state index in [4.69, 9.17) is 9.47 Å². The summed E-state index contributed by atoms with van der Waals surface area (Å²) in [5.74, 6) is 1.97. The van der Waals surface area contributed by atoms with Crippen molar-refractivity contribution in [3.63, 3.8) is 0 Å². The molecule has 2 aromatic carbocycles. The summed E-state index contributed by atoms with van der Waals surface area (Å²) in [5.41, 5.74) is 2.77. The number of phenolic OH excluding ortho intramolecular Hbond substituents is 1. The first kappa shape index (κ1) is 21.7. The maximum atomic E-state index is 14.3. The zero-order valence-corrected chi connectivity index (χ0v) is 20.1. The molecule has 3 aliphatic carbocycles. The lowest BCUT2D eigenvalue weighted by Gasteiger charge is -2.63. The van der Waals surface area contributed by atoms with Crippen molar-refractivity contribution in [2.45, 2.75) is 68.9 Å². The van der Waals surface area contributed by atoms with E-state index < -0.39 is 11.5 Å². The van der Waals surface area contributed by atoms with Crippen molar-refractivity contribution >= 4 is 5.78 Å². The third kappa shape index (κ3) is 3.19. The fourth-order valence-corrected chi connectivity index (χ4v) is 7.81. The summed E-state index contributed by atoms with van der Waals surface area (Å²) in [6.07, 6.45) is 6.04. The Morgan fingerprint density at radius 1 is 1.20 bits per heavy atom. The molecule has 1 spiro atoms. The van der Waals surface area contributed by atoms with Crippen molar-refractivity contribution in [3.8, 4) is 17.2 Å². The predicted molar refractivity (Wildman–Crippen MR) is 130 cm³/mol. The standard InChI is InChI=1S/C29H33NO5/c31-23-11-10-21-22-15-20-25(34-14-4-7-18-5-2-1-3-6-18)16-24(32)27-26(20)29(21,28(23)35-27)12-13-30(22,33)17-19-8-9-19/h1-3,5-6,16,19,21-22,28,32H,4,7-15,17H2/t21-,22+,28-,29-,30-/m0/s1. The molecule has 3 fully saturated rings. The second-order valence-electron chi connectivity index (χ2n) is 11.5. The fourth-order valence-electron chi connectivity index (χ4n) is 7.81. The van der Waals surface area contributed by atoms with E-state index in [0.717, 1.165) is 30.4 Å². The monoisotopic (exact) mass is 475 g/mol. The molecule has 2 aromatic rings. The van der Waals surface area contributed by atoms with Gasteiger partial charge in [-0.05, 0) is 37.7 Å². The normalized spacial score (nSPS) is 34.3. The number of likely N-dealkylation sites (tertiary alicyclic amines) is 1. The highest BCUT2D eigenvalue weighted by Crippen LogP contribution is 2.65. The Labute approximate surface area is 206 Å². The Bertz CT molecular complexity index is 1180. The molecule has 35 heavy (non-hydrogen) atoms. The van der Waals surface area contributed by atoms with E-state index in [0.29, 0.717) is 56.4 Å². The van der Waals surface area contributed by atoms with Gasteiger partial charge in [0.05, 0.1) is 31.2 Å². The maximum Gasteiger partial charge on any atom is 0.174 e. The van der Waals surface area contributed by atoms with Gasteiger partial charge >= 0.3 is 0 Å². The molecule has 2 saturated carbocycles. The lowest BCUT2D eigenvalue weighted by molar-refractivity contribution is -0.919. The van der Waals surface area contributed by atoms with Gasteiger partial charge in [0, 0.05) is 48.3 Å². The van der Waals surface area contributed by atoms with Crippen molar-refractivity contribution in [1.82, 2.24) is 0 Å². The molecule has 0 amide bonds. The maximum absolute atomic E-state index is 14.3. The number of quaternary nitrogens is 1. The highest BCUT2D eigenvalue weighted by molar-refractivity contribution is 5.89. The highest BCUT2D eigenvalue weighted by Gasteiger charge is 2.69. The van der Waals surface area contributed by atoms with Crippen LogP contribution in [0.4, 0.5) is 0 Å². The van der Waals surface area contributed by atoms with Gasteiger partial charge in [-0.25, -0.2) is 0 Å². The van der Waals surface area contributed by atoms with Crippen LogP contribution in [0.15, 0.2) is 36.4 Å². The minimum Gasteiger partial charge on any atom is -0.633 e. The Kier molecular flexibility index (Phi) is 4.78. The minimum absolute atomic E-state index is 0.0574. The van der Waals surface area contributed by atoms with Crippen LogP contribution in [-0.4, -0.2) is 47.4 Å². The van der Waals surface area contributed by atoms with E-state index in [1.54, 1.807) is 6.07 Å². The van der Waals surface area contributed by atoms with Crippen molar-refractivity contribution in [2.24, 2.45) is 11.8 Å². The van der Waals surface area contributed by atoms with E-state index in [9.17, 15) is 15.1 Å². The molecular formula is C29H33NO5. The Hall–Kier alpha value is -2.57. The number of rotatable bonds is 7. The fraction of sp³-hybridized carbons (Fsp3) is 0.552. The van der Waals surface area contributed by atoms with Crippen LogP contribution in [0.3, 0.4) is 0 Å². The molecule has 5 atom stereocenters. The summed E-state index contributed by atoms with van der Waals surface area (Å²) >= 11 is 0. The van der Waals surface area contributed by atoms with Crippen LogP contribution in [0.1, 0.15) is 55.2 Å². The van der Waals surface area contributed by atoms with Crippen LogP contribution < -0.4 is 9.47 Å². The van der Waals surface area contributed by atoms with Crippen LogP contribution in [-0.2, 0) is 23.1 Å². The summed E-state index contributed by atoms with van der Waals surface area (Å²) in [7, 11) is 0. The number of hydrogen-bond acceptors (Lipinski definition) is 5. The van der Waals surface area contributed by atoms with Crippen LogP contribution >= 0.6 is 0 Å². The zero-order chi connectivity index (χ0) is 23.8. The zero-order valence-electron chi connectivity index (χ0n) is 20.1. The van der Waals surface area contributed by atoms with Crippen LogP contribution in [0.5, 0.6) is 17.2 Å². The molecule has 6 heteroatoms. The van der Waals surface area contributed by atoms with E-state index >= 15 is 0 Å². The second kappa shape index (κ2) is 7.71. The van der Waals surface area contributed by atoms with E-state index in [1.165, 1.54) is 18.4 Å². The topological polar surface area (TPSA) is 78.8 Å². The molecule has 184 valence electrons. The molecule has 7 rings (SSSR count). The third-order valence-corrected chi connectivity index (χ3v) is 9.51. The lowest BCUT2D eigenvalue weighted by Crippen LogP contribution is -2.71. The molecular weight excluding hydrogens is 442 g/mol. The number of hydrogen-bond donors (Lipinski definition) is 1. The number of benzene rings is 2. The Balaban J connectivity index is 1.25. The lowest BCUT2D eigenvalue weighted by atomic mass is 9.51. The number of hydroxylamine groups is 3. The molecule has 0 radical (unpaired) electrons. The van der Waals surface area contributed by atoms with Crippen LogP contribution in [0.25, 0.3) is 0 Å². The van der Waals surface area contributed by atoms with Crippen LogP contribution in [0, 0.1) is 17.0 Å². The summed E-state index contributed by atoms with van der Waals surface area (Å²) in [6, 6.07) is 11.9. The van der Waals surface area contributed by atoms with Gasteiger partial charge in [-0.3, -0.25) is 4.79 Å². The van der Waals surface area contributed by atoms with E-state index in [-0.39, 0.29) is 28.1 Å². The van der Waals surface area contributed by atoms with Gasteiger partial charge in [0.15, 0.2) is 23.4 Å². The van der Waals surface area contributed by atoms with Crippen molar-refractivity contribution in [2.75, 3.05) is 19.7 Å². The second-order valence-corrected chi connectivity index (χ2v) is 11.5. The number of phenols is 1. The predicted octanol–water partition coefficient (Wildman–Crippen LogP) is 4.43. The number of ketones is 1. The number of Topliss-reactive ketones (excluding diaryl/α,β-unsaturated/α-hetero) is 1. The number of aryl methyl sites for hydroxylation is 1. The number of carbonyl (C=O) groups excluding carboxylic acids is 1. The smallest absolute Gasteiger partial charge is 0.174 e. The summed E-state index contributed by atoms with van der Waals surface area (Å²) in [4.78, 5) is 13.1. The van der Waals surface area contributed by atoms with Crippen molar-refractivity contribution < 1.29 is 24.0 Å². The SMILES string of the molecule is O=C1CC[C@H]2[C@H]3Cc4c(OCCCc5ccccc5)cc(O)c5c4[C@@]2(CC[N@+]3([O-])CC2CC2)[C@H]1O5. The van der Waals surface area contributed by atoms with Crippen molar-refractivity contribution in [1.29, 1.82) is 0 Å². The molecule has 1 N–H and O–H groups in total. The van der Waals surface area contributed by atoms with Gasteiger partial charge in [-0.2, -0.15) is 0 Å². The van der Waals surface area contributed by atoms with Gasteiger partial charge in [0.2, 0.25) is 0 Å². The molecule has 5 aliphatic rings. The average Bonchev–Trinajstić information content (AvgIpc) is 3.59. The Morgan fingerprint density at radius 2 is 2.03 bits per heavy atom. The number of ether oxygens (including phenoxy) is 2. The summed E-state index contributed by atoms with van der Waals surface area (Å²) in [5, 5.41) is 25.3. The molecule has 0 aromatic heterocycles. The highest BCUT2D eigenvalue weighted by atomic mass is 16.6. The van der Waals surface area contributed by atoms with E-state index in [1.807, 2.05) is 18.2 Å². The molecule has 0 unspecified atom stereocenters. The van der Waals surface area contributed by atoms with Gasteiger partial charge in [0.25, 0.3) is 0 Å². The van der Waals surface area contributed by atoms with E-state index in [2.05, 4.69) is 12.1 Å². The first-order valence-corrected chi connectivity index (χ1v) is 13.3. The van der Waals surface area contributed by atoms with Crippen LogP contribution in [0.2, 0.25) is 0 Å². The molecule has 6 nitrogen and oxygen atoms in total. The first-order valence-electron chi connectivity index (χ1n) is 13.3. The van der Waals surface area contributed by atoms with Gasteiger partial charge < -0.3 is 24.4 Å². The molecule has 2 bridgehead atoms. The molecule has 1 saturated heterocycles. The first-order chi connectivity index (χ1) is 17.0. The summed E-state index contributed by atoms with van der Waals surface area (Å²) < 4.78 is 12.4. The minimum atomic E-state index is -0.577. The number of aromatic hydroxyl groups is 1. The van der Waals surface area contributed by atoms with Gasteiger partial charge in [0.1, 0.15) is 5.75 Å². The van der Waals surface area contributed by atoms with Crippen molar-refractivity contribution in [3.05, 3.63) is 58.3 Å².